The fourth-order valence-corrected chi connectivity index (χ4v) is 2.93. The van der Waals surface area contributed by atoms with Crippen LogP contribution in [0.1, 0.15) is 25.3 Å². The maximum absolute atomic E-state index is 12.1. The van der Waals surface area contributed by atoms with E-state index in [1.165, 1.54) is 12.8 Å². The molecule has 2 rings (SSSR count). The van der Waals surface area contributed by atoms with E-state index in [2.05, 4.69) is 22.5 Å². The minimum atomic E-state index is 0.122. The summed E-state index contributed by atoms with van der Waals surface area (Å²) in [6.45, 7) is 5.40. The van der Waals surface area contributed by atoms with E-state index in [0.717, 1.165) is 18.7 Å². The fourth-order valence-electron chi connectivity index (χ4n) is 2.93. The van der Waals surface area contributed by atoms with Crippen molar-refractivity contribution in [2.24, 2.45) is 5.92 Å². The van der Waals surface area contributed by atoms with Gasteiger partial charge in [-0.1, -0.05) is 30.3 Å². The summed E-state index contributed by atoms with van der Waals surface area (Å²) >= 11 is 0. The zero-order valence-corrected chi connectivity index (χ0v) is 13.1. The molecule has 2 N–H and O–H groups in total. The Bertz CT molecular complexity index is 435. The van der Waals surface area contributed by atoms with E-state index in [1.54, 1.807) is 0 Å². The molecule has 0 radical (unpaired) electrons. The highest BCUT2D eigenvalue weighted by Crippen LogP contribution is 2.19. The molecule has 0 aromatic heterocycles. The van der Waals surface area contributed by atoms with Crippen LogP contribution in [0, 0.1) is 5.92 Å². The summed E-state index contributed by atoms with van der Waals surface area (Å²) in [5.74, 6) is 0.766. The quantitative estimate of drug-likeness (QED) is 0.836. The van der Waals surface area contributed by atoms with Crippen LogP contribution in [-0.2, 0) is 11.3 Å². The SMILES string of the molecule is CNC(C)C1CCCN(CC(=O)NCc2ccccc2)C1. The molecule has 1 aliphatic rings. The van der Waals surface area contributed by atoms with Crippen LogP contribution in [0.3, 0.4) is 0 Å². The van der Waals surface area contributed by atoms with Gasteiger partial charge in [-0.25, -0.2) is 0 Å². The second-order valence-corrected chi connectivity index (χ2v) is 5.98. The number of nitrogens with zero attached hydrogens (tertiary/aromatic N) is 1. The van der Waals surface area contributed by atoms with E-state index in [4.69, 9.17) is 0 Å². The van der Waals surface area contributed by atoms with Crippen molar-refractivity contribution in [3.8, 4) is 0 Å². The van der Waals surface area contributed by atoms with Gasteiger partial charge in [-0.15, -0.1) is 0 Å². The number of carbonyl (C=O) groups is 1. The molecule has 2 unspecified atom stereocenters. The summed E-state index contributed by atoms with van der Waals surface area (Å²) in [6.07, 6.45) is 2.44. The number of benzene rings is 1. The molecule has 1 aliphatic heterocycles. The van der Waals surface area contributed by atoms with E-state index >= 15 is 0 Å². The Morgan fingerprint density at radius 1 is 1.38 bits per heavy atom. The Morgan fingerprint density at radius 2 is 2.14 bits per heavy atom. The molecule has 0 spiro atoms. The van der Waals surface area contributed by atoms with Gasteiger partial charge in [0.2, 0.25) is 5.91 Å². The highest BCUT2D eigenvalue weighted by molar-refractivity contribution is 5.78. The zero-order valence-electron chi connectivity index (χ0n) is 13.1. The third kappa shape index (κ3) is 5.14. The Hall–Kier alpha value is -1.39. The third-order valence-corrected chi connectivity index (χ3v) is 4.40. The monoisotopic (exact) mass is 289 g/mol. The lowest BCUT2D eigenvalue weighted by Gasteiger charge is -2.35. The average molecular weight is 289 g/mol. The van der Waals surface area contributed by atoms with Crippen LogP contribution in [0.5, 0.6) is 0 Å². The summed E-state index contributed by atoms with van der Waals surface area (Å²) in [5.41, 5.74) is 1.14. The molecule has 1 aromatic rings. The third-order valence-electron chi connectivity index (χ3n) is 4.40. The van der Waals surface area contributed by atoms with Gasteiger partial charge in [-0.05, 0) is 44.8 Å². The van der Waals surface area contributed by atoms with Gasteiger partial charge in [0, 0.05) is 19.1 Å². The predicted octanol–water partition coefficient (Wildman–Crippen LogP) is 1.62. The number of rotatable bonds is 6. The largest absolute Gasteiger partial charge is 0.351 e. The van der Waals surface area contributed by atoms with Crippen molar-refractivity contribution in [1.82, 2.24) is 15.5 Å². The molecule has 4 nitrogen and oxygen atoms in total. The maximum atomic E-state index is 12.1. The molecule has 1 amide bonds. The number of likely N-dealkylation sites (tertiary alicyclic amines) is 1. The molecular formula is C17H27N3O. The highest BCUT2D eigenvalue weighted by atomic mass is 16.2. The number of piperidine rings is 1. The smallest absolute Gasteiger partial charge is 0.234 e. The number of amides is 1. The normalized spacial score (nSPS) is 21.0. The second-order valence-electron chi connectivity index (χ2n) is 5.98. The molecule has 21 heavy (non-hydrogen) atoms. The van der Waals surface area contributed by atoms with Gasteiger partial charge in [0.05, 0.1) is 6.54 Å². The summed E-state index contributed by atoms with van der Waals surface area (Å²) in [4.78, 5) is 14.3. The molecule has 1 aromatic carbocycles. The second kappa shape index (κ2) is 8.15. The number of carbonyl (C=O) groups excluding carboxylic acids is 1. The average Bonchev–Trinajstić information content (AvgIpc) is 2.53. The van der Waals surface area contributed by atoms with Crippen LogP contribution in [-0.4, -0.2) is 43.5 Å². The van der Waals surface area contributed by atoms with Crippen LogP contribution in [0.15, 0.2) is 30.3 Å². The predicted molar refractivity (Wildman–Crippen MR) is 86.0 cm³/mol. The van der Waals surface area contributed by atoms with Gasteiger partial charge < -0.3 is 10.6 Å². The molecule has 1 heterocycles. The lowest BCUT2D eigenvalue weighted by Crippen LogP contribution is -2.46. The molecule has 0 aliphatic carbocycles. The van der Waals surface area contributed by atoms with Crippen molar-refractivity contribution in [3.05, 3.63) is 35.9 Å². The van der Waals surface area contributed by atoms with Crippen LogP contribution in [0.25, 0.3) is 0 Å². The summed E-state index contributed by atoms with van der Waals surface area (Å²) in [5, 5.41) is 6.34. The van der Waals surface area contributed by atoms with Crippen molar-refractivity contribution >= 4 is 5.91 Å². The molecular weight excluding hydrogens is 262 g/mol. The number of hydrogen-bond donors (Lipinski definition) is 2. The molecule has 4 heteroatoms. The van der Waals surface area contributed by atoms with E-state index in [0.29, 0.717) is 25.0 Å². The van der Waals surface area contributed by atoms with E-state index in [-0.39, 0.29) is 5.91 Å². The molecule has 1 fully saturated rings. The first-order valence-corrected chi connectivity index (χ1v) is 7.89. The summed E-state index contributed by atoms with van der Waals surface area (Å²) in [7, 11) is 2.01. The molecule has 0 saturated carbocycles. The number of nitrogens with one attached hydrogen (secondary N) is 2. The van der Waals surface area contributed by atoms with Gasteiger partial charge >= 0.3 is 0 Å². The first-order chi connectivity index (χ1) is 10.2. The Morgan fingerprint density at radius 3 is 2.86 bits per heavy atom. The minimum Gasteiger partial charge on any atom is -0.351 e. The lowest BCUT2D eigenvalue weighted by molar-refractivity contribution is -0.122. The lowest BCUT2D eigenvalue weighted by atomic mass is 9.92. The van der Waals surface area contributed by atoms with Gasteiger partial charge in [0.25, 0.3) is 0 Å². The Kier molecular flexibility index (Phi) is 6.21. The van der Waals surface area contributed by atoms with Crippen molar-refractivity contribution in [2.75, 3.05) is 26.7 Å². The minimum absolute atomic E-state index is 0.122. The molecule has 116 valence electrons. The molecule has 1 saturated heterocycles. The van der Waals surface area contributed by atoms with Gasteiger partial charge in [0.15, 0.2) is 0 Å². The van der Waals surface area contributed by atoms with Crippen molar-refractivity contribution in [2.45, 2.75) is 32.4 Å². The Labute approximate surface area is 127 Å². The van der Waals surface area contributed by atoms with Crippen LogP contribution < -0.4 is 10.6 Å². The van der Waals surface area contributed by atoms with E-state index in [9.17, 15) is 4.79 Å². The van der Waals surface area contributed by atoms with Crippen molar-refractivity contribution in [3.63, 3.8) is 0 Å². The van der Waals surface area contributed by atoms with Gasteiger partial charge in [-0.3, -0.25) is 9.69 Å². The van der Waals surface area contributed by atoms with Crippen LogP contribution >= 0.6 is 0 Å². The van der Waals surface area contributed by atoms with Crippen LogP contribution in [0.2, 0.25) is 0 Å². The number of hydrogen-bond acceptors (Lipinski definition) is 3. The highest BCUT2D eigenvalue weighted by Gasteiger charge is 2.24. The Balaban J connectivity index is 1.74. The first-order valence-electron chi connectivity index (χ1n) is 7.89. The van der Waals surface area contributed by atoms with Gasteiger partial charge in [0.1, 0.15) is 0 Å². The fraction of sp³-hybridized carbons (Fsp3) is 0.588. The van der Waals surface area contributed by atoms with E-state index < -0.39 is 0 Å². The van der Waals surface area contributed by atoms with Crippen molar-refractivity contribution in [1.29, 1.82) is 0 Å². The molecule has 2 atom stereocenters. The topological polar surface area (TPSA) is 44.4 Å². The van der Waals surface area contributed by atoms with Crippen LogP contribution in [0.4, 0.5) is 0 Å². The standard InChI is InChI=1S/C17H27N3O/c1-14(18-2)16-9-6-10-20(12-16)13-17(21)19-11-15-7-4-3-5-8-15/h3-5,7-8,14,16,18H,6,9-13H2,1-2H3,(H,19,21). The summed E-state index contributed by atoms with van der Waals surface area (Å²) < 4.78 is 0. The maximum Gasteiger partial charge on any atom is 0.234 e. The van der Waals surface area contributed by atoms with E-state index in [1.807, 2.05) is 37.4 Å². The zero-order chi connectivity index (χ0) is 15.1. The molecule has 0 bridgehead atoms. The van der Waals surface area contributed by atoms with Crippen molar-refractivity contribution < 1.29 is 4.79 Å². The van der Waals surface area contributed by atoms with Gasteiger partial charge in [-0.2, -0.15) is 0 Å². The summed E-state index contributed by atoms with van der Waals surface area (Å²) in [6, 6.07) is 10.6. The first kappa shape index (κ1) is 16.0.